The van der Waals surface area contributed by atoms with Crippen molar-refractivity contribution in [3.8, 4) is 0 Å². The average molecular weight is 499 g/mol. The number of amides is 2. The van der Waals surface area contributed by atoms with Crippen LogP contribution in [-0.2, 0) is 12.6 Å². The SMILES string of the molecule is Cc1occc1C(=O)N(C)[C@H](Cc1ccccc1)C1CCN(C(=O)c2cccc(C(F)(F)F)c2)CC1. The molecule has 2 aromatic carbocycles. The van der Waals surface area contributed by atoms with Crippen LogP contribution < -0.4 is 0 Å². The van der Waals surface area contributed by atoms with Gasteiger partial charge in [-0.3, -0.25) is 9.59 Å². The summed E-state index contributed by atoms with van der Waals surface area (Å²) in [5.41, 5.74) is 0.828. The summed E-state index contributed by atoms with van der Waals surface area (Å²) in [5, 5.41) is 0. The summed E-state index contributed by atoms with van der Waals surface area (Å²) >= 11 is 0. The van der Waals surface area contributed by atoms with Gasteiger partial charge in [-0.05, 0) is 61.9 Å². The highest BCUT2D eigenvalue weighted by molar-refractivity contribution is 5.95. The van der Waals surface area contributed by atoms with E-state index in [1.54, 1.807) is 29.8 Å². The molecule has 8 heteroatoms. The van der Waals surface area contributed by atoms with Crippen LogP contribution in [0.3, 0.4) is 0 Å². The maximum atomic E-state index is 13.3. The molecule has 1 aliphatic heterocycles. The van der Waals surface area contributed by atoms with Gasteiger partial charge in [-0.25, -0.2) is 0 Å². The standard InChI is InChI=1S/C28H29F3N2O3/c1-19-24(13-16-36-19)27(35)32(2)25(17-20-7-4-3-5-8-20)21-11-14-33(15-12-21)26(34)22-9-6-10-23(18-22)28(29,30)31/h3-10,13,16,18,21,25H,11-12,14-15,17H2,1-2H3/t25-/m1/s1. The molecule has 2 amide bonds. The van der Waals surface area contributed by atoms with Gasteiger partial charge in [-0.15, -0.1) is 0 Å². The fourth-order valence-corrected chi connectivity index (χ4v) is 4.92. The van der Waals surface area contributed by atoms with Gasteiger partial charge in [0.2, 0.25) is 0 Å². The molecule has 0 radical (unpaired) electrons. The highest BCUT2D eigenvalue weighted by Gasteiger charge is 2.35. The lowest BCUT2D eigenvalue weighted by atomic mass is 9.84. The largest absolute Gasteiger partial charge is 0.469 e. The Morgan fingerprint density at radius 1 is 1.06 bits per heavy atom. The van der Waals surface area contributed by atoms with Gasteiger partial charge in [0.05, 0.1) is 17.4 Å². The van der Waals surface area contributed by atoms with Crippen LogP contribution >= 0.6 is 0 Å². The molecule has 5 nitrogen and oxygen atoms in total. The van der Waals surface area contributed by atoms with Crippen molar-refractivity contribution >= 4 is 11.8 Å². The first-order valence-corrected chi connectivity index (χ1v) is 12.0. The molecule has 1 saturated heterocycles. The first-order chi connectivity index (χ1) is 17.1. The summed E-state index contributed by atoms with van der Waals surface area (Å²) in [6.45, 7) is 2.58. The van der Waals surface area contributed by atoms with Crippen molar-refractivity contribution in [1.82, 2.24) is 9.80 Å². The number of likely N-dealkylation sites (tertiary alicyclic amines) is 1. The first-order valence-electron chi connectivity index (χ1n) is 12.0. The molecular formula is C28H29F3N2O3. The normalized spacial score (nSPS) is 15.5. The number of alkyl halides is 3. The maximum Gasteiger partial charge on any atom is 0.416 e. The third kappa shape index (κ3) is 5.64. The van der Waals surface area contributed by atoms with Crippen LogP contribution in [0.1, 0.15) is 50.4 Å². The lowest BCUT2D eigenvalue weighted by Crippen LogP contribution is -2.48. The Kier molecular flexibility index (Phi) is 7.52. The molecule has 0 unspecified atom stereocenters. The van der Waals surface area contributed by atoms with Gasteiger partial charge in [-0.2, -0.15) is 13.2 Å². The van der Waals surface area contributed by atoms with E-state index in [9.17, 15) is 22.8 Å². The van der Waals surface area contributed by atoms with E-state index in [4.69, 9.17) is 4.42 Å². The zero-order valence-electron chi connectivity index (χ0n) is 20.3. The number of nitrogens with zero attached hydrogens (tertiary/aromatic N) is 2. The molecule has 1 aromatic heterocycles. The molecule has 2 heterocycles. The van der Waals surface area contributed by atoms with Gasteiger partial charge in [0, 0.05) is 31.7 Å². The van der Waals surface area contributed by atoms with Gasteiger partial charge in [0.1, 0.15) is 5.76 Å². The van der Waals surface area contributed by atoms with Crippen LogP contribution in [0, 0.1) is 12.8 Å². The van der Waals surface area contributed by atoms with E-state index in [1.165, 1.54) is 18.4 Å². The molecular weight excluding hydrogens is 469 g/mol. The number of benzene rings is 2. The summed E-state index contributed by atoms with van der Waals surface area (Å²) in [4.78, 5) is 29.6. The Labute approximate surface area is 208 Å². The first kappa shape index (κ1) is 25.5. The molecule has 0 bridgehead atoms. The molecule has 3 aromatic rings. The van der Waals surface area contributed by atoms with Crippen molar-refractivity contribution in [2.75, 3.05) is 20.1 Å². The van der Waals surface area contributed by atoms with Crippen molar-refractivity contribution in [1.29, 1.82) is 0 Å². The van der Waals surface area contributed by atoms with E-state index in [0.717, 1.165) is 17.7 Å². The van der Waals surface area contributed by atoms with Crippen molar-refractivity contribution in [2.24, 2.45) is 5.92 Å². The molecule has 0 aliphatic carbocycles. The minimum atomic E-state index is -4.50. The van der Waals surface area contributed by atoms with Crippen LogP contribution in [0.15, 0.2) is 71.3 Å². The zero-order valence-corrected chi connectivity index (χ0v) is 20.3. The minimum Gasteiger partial charge on any atom is -0.469 e. The maximum absolute atomic E-state index is 13.3. The number of aryl methyl sites for hydroxylation is 1. The van der Waals surface area contributed by atoms with Crippen molar-refractivity contribution < 1.29 is 27.2 Å². The number of rotatable bonds is 6. The van der Waals surface area contributed by atoms with E-state index >= 15 is 0 Å². The van der Waals surface area contributed by atoms with Crippen LogP contribution in [-0.4, -0.2) is 47.8 Å². The number of hydrogen-bond acceptors (Lipinski definition) is 3. The third-order valence-electron chi connectivity index (χ3n) is 7.00. The summed E-state index contributed by atoms with van der Waals surface area (Å²) in [5.74, 6) is 0.158. The molecule has 1 atom stereocenters. The van der Waals surface area contributed by atoms with E-state index in [2.05, 4.69) is 0 Å². The molecule has 36 heavy (non-hydrogen) atoms. The molecule has 4 rings (SSSR count). The van der Waals surface area contributed by atoms with E-state index in [0.29, 0.717) is 43.7 Å². The van der Waals surface area contributed by atoms with Gasteiger partial charge < -0.3 is 14.2 Å². The van der Waals surface area contributed by atoms with Gasteiger partial charge >= 0.3 is 6.18 Å². The third-order valence-corrected chi connectivity index (χ3v) is 7.00. The molecule has 1 aliphatic rings. The summed E-state index contributed by atoms with van der Waals surface area (Å²) in [7, 11) is 1.79. The summed E-state index contributed by atoms with van der Waals surface area (Å²) < 4.78 is 44.6. The summed E-state index contributed by atoms with van der Waals surface area (Å²) in [6.07, 6.45) is -1.06. The second-order valence-electron chi connectivity index (χ2n) is 9.27. The topological polar surface area (TPSA) is 53.8 Å². The number of carbonyl (C=O) groups is 2. The smallest absolute Gasteiger partial charge is 0.416 e. The number of carbonyl (C=O) groups excluding carboxylic acids is 2. The van der Waals surface area contributed by atoms with Gasteiger partial charge in [0.15, 0.2) is 0 Å². The van der Waals surface area contributed by atoms with Gasteiger partial charge in [-0.1, -0.05) is 36.4 Å². The Bertz CT molecular complexity index is 1200. The quantitative estimate of drug-likeness (QED) is 0.429. The highest BCUT2D eigenvalue weighted by atomic mass is 19.4. The number of hydrogen-bond donors (Lipinski definition) is 0. The Morgan fingerprint density at radius 3 is 2.36 bits per heavy atom. The molecule has 0 N–H and O–H groups in total. The fourth-order valence-electron chi connectivity index (χ4n) is 4.92. The van der Waals surface area contributed by atoms with Crippen LogP contribution in [0.5, 0.6) is 0 Å². The molecule has 0 spiro atoms. The van der Waals surface area contributed by atoms with E-state index in [1.807, 2.05) is 30.3 Å². The lowest BCUT2D eigenvalue weighted by molar-refractivity contribution is -0.137. The van der Waals surface area contributed by atoms with Crippen LogP contribution in [0.4, 0.5) is 13.2 Å². The number of piperidine rings is 1. The highest BCUT2D eigenvalue weighted by Crippen LogP contribution is 2.31. The Hall–Kier alpha value is -3.55. The lowest BCUT2D eigenvalue weighted by Gasteiger charge is -2.40. The van der Waals surface area contributed by atoms with Crippen molar-refractivity contribution in [3.05, 3.63) is 94.9 Å². The average Bonchev–Trinajstić information content (AvgIpc) is 3.32. The van der Waals surface area contributed by atoms with Crippen LogP contribution in [0.2, 0.25) is 0 Å². The number of halogens is 3. The monoisotopic (exact) mass is 498 g/mol. The second-order valence-corrected chi connectivity index (χ2v) is 9.27. The number of furan rings is 1. The predicted octanol–water partition coefficient (Wildman–Crippen LogP) is 5.84. The van der Waals surface area contributed by atoms with Crippen molar-refractivity contribution in [2.45, 2.75) is 38.4 Å². The minimum absolute atomic E-state index is 0.0341. The Balaban J connectivity index is 1.49. The van der Waals surface area contributed by atoms with Crippen LogP contribution in [0.25, 0.3) is 0 Å². The molecule has 0 saturated carbocycles. The molecule has 190 valence electrons. The Morgan fingerprint density at radius 2 is 1.75 bits per heavy atom. The van der Waals surface area contributed by atoms with Crippen molar-refractivity contribution in [3.63, 3.8) is 0 Å². The zero-order chi connectivity index (χ0) is 25.9. The summed E-state index contributed by atoms with van der Waals surface area (Å²) in [6, 6.07) is 16.0. The number of likely N-dealkylation sites (N-methyl/N-ethyl adjacent to an activating group) is 1. The van der Waals surface area contributed by atoms with E-state index < -0.39 is 17.6 Å². The fraction of sp³-hybridized carbons (Fsp3) is 0.357. The second kappa shape index (κ2) is 10.6. The van der Waals surface area contributed by atoms with E-state index in [-0.39, 0.29) is 23.4 Å². The van der Waals surface area contributed by atoms with Gasteiger partial charge in [0.25, 0.3) is 11.8 Å². The predicted molar refractivity (Wildman–Crippen MR) is 130 cm³/mol. The molecule has 1 fully saturated rings.